The van der Waals surface area contributed by atoms with Crippen LogP contribution in [0.5, 0.6) is 0 Å². The first-order valence-corrected chi connectivity index (χ1v) is 11.1. The van der Waals surface area contributed by atoms with Crippen LogP contribution in [0.4, 0.5) is 0 Å². The fourth-order valence-corrected chi connectivity index (χ4v) is 4.03. The summed E-state index contributed by atoms with van der Waals surface area (Å²) < 4.78 is 18.4. The van der Waals surface area contributed by atoms with E-state index in [9.17, 15) is 9.59 Å². The summed E-state index contributed by atoms with van der Waals surface area (Å²) in [6.45, 7) is 5.96. The first-order chi connectivity index (χ1) is 15.9. The van der Waals surface area contributed by atoms with E-state index in [4.69, 9.17) is 19.9 Å². The van der Waals surface area contributed by atoms with Crippen molar-refractivity contribution in [1.29, 1.82) is 0 Å². The van der Waals surface area contributed by atoms with Gasteiger partial charge in [-0.2, -0.15) is 0 Å². The second-order valence-corrected chi connectivity index (χ2v) is 8.01. The molecule has 1 aromatic heterocycles. The number of ether oxygens (including phenoxy) is 3. The molecule has 7 heteroatoms. The van der Waals surface area contributed by atoms with Gasteiger partial charge in [0.2, 0.25) is 5.91 Å². The van der Waals surface area contributed by atoms with Crippen LogP contribution in [-0.4, -0.2) is 29.3 Å². The number of carbonyl (C=O) groups excluding carboxylic acids is 2. The molecule has 1 aliphatic heterocycles. The lowest BCUT2D eigenvalue weighted by atomic mass is 10.1. The third-order valence-corrected chi connectivity index (χ3v) is 5.68. The Kier molecular flexibility index (Phi) is 6.62. The van der Waals surface area contributed by atoms with Gasteiger partial charge in [-0.15, -0.1) is 0 Å². The molecule has 1 fully saturated rings. The first-order valence-electron chi connectivity index (χ1n) is 11.1. The first kappa shape index (κ1) is 22.8. The molecular weight excluding hydrogens is 420 g/mol. The second-order valence-electron chi connectivity index (χ2n) is 8.01. The van der Waals surface area contributed by atoms with E-state index in [1.165, 1.54) is 0 Å². The molecule has 3 aromatic rings. The number of hydrogen-bond acceptors (Lipinski definition) is 5. The van der Waals surface area contributed by atoms with Gasteiger partial charge in [-0.1, -0.05) is 24.3 Å². The number of rotatable bonds is 8. The maximum atomic E-state index is 12.0. The van der Waals surface area contributed by atoms with E-state index >= 15 is 0 Å². The Hall–Kier alpha value is -3.42. The molecule has 172 valence electrons. The summed E-state index contributed by atoms with van der Waals surface area (Å²) >= 11 is 0. The van der Waals surface area contributed by atoms with Crippen LogP contribution in [0.3, 0.4) is 0 Å². The summed E-state index contributed by atoms with van der Waals surface area (Å²) in [7, 11) is 0. The zero-order valence-electron chi connectivity index (χ0n) is 19.0. The quantitative estimate of drug-likeness (QED) is 0.515. The Labute approximate surface area is 193 Å². The number of nitrogens with zero attached hydrogens (tertiary/aromatic N) is 1. The summed E-state index contributed by atoms with van der Waals surface area (Å²) in [5.74, 6) is -0.697. The van der Waals surface area contributed by atoms with E-state index in [0.29, 0.717) is 18.6 Å². The molecule has 33 heavy (non-hydrogen) atoms. The maximum absolute atomic E-state index is 12.0. The number of aryl methyl sites for hydroxylation is 2. The monoisotopic (exact) mass is 448 g/mol. The second kappa shape index (κ2) is 9.60. The topological polar surface area (TPSA) is 92.8 Å². The van der Waals surface area contributed by atoms with Gasteiger partial charge >= 0.3 is 5.97 Å². The van der Waals surface area contributed by atoms with Gasteiger partial charge in [0.15, 0.2) is 12.6 Å². The van der Waals surface area contributed by atoms with Gasteiger partial charge in [0, 0.05) is 22.5 Å². The normalized spacial score (nSPS) is 17.4. The van der Waals surface area contributed by atoms with E-state index in [1.54, 1.807) is 19.1 Å². The standard InChI is InChI=1S/C26H28N2O5/c1-4-31-24(29)14-11-21-10-13-23(18-5-7-19(8-6-18)26-32-17(3)33-26)28(21)22-12-9-20(25(27)30)15-16(22)2/h5-10,12-13,15,17,26H,4,11,14H2,1-3H3,(H2,27,30). The van der Waals surface area contributed by atoms with Crippen molar-refractivity contribution in [1.82, 2.24) is 4.57 Å². The molecule has 1 aliphatic rings. The highest BCUT2D eigenvalue weighted by molar-refractivity contribution is 5.93. The minimum absolute atomic E-state index is 0.180. The zero-order chi connectivity index (χ0) is 23.5. The van der Waals surface area contributed by atoms with Crippen LogP contribution in [0.2, 0.25) is 0 Å². The Bertz CT molecular complexity index is 1160. The summed E-state index contributed by atoms with van der Waals surface area (Å²) in [5.41, 5.74) is 11.6. The molecule has 0 radical (unpaired) electrons. The highest BCUT2D eigenvalue weighted by Crippen LogP contribution is 2.34. The van der Waals surface area contributed by atoms with E-state index in [0.717, 1.165) is 33.8 Å². The van der Waals surface area contributed by atoms with Gasteiger partial charge in [-0.05, 0) is 68.7 Å². The summed E-state index contributed by atoms with van der Waals surface area (Å²) in [6.07, 6.45) is 0.295. The minimum atomic E-state index is -0.467. The summed E-state index contributed by atoms with van der Waals surface area (Å²) in [6, 6.07) is 17.5. The Morgan fingerprint density at radius 1 is 1.06 bits per heavy atom. The van der Waals surface area contributed by atoms with Crippen LogP contribution in [0, 0.1) is 6.92 Å². The molecular formula is C26H28N2O5. The van der Waals surface area contributed by atoms with Crippen molar-refractivity contribution in [2.24, 2.45) is 5.73 Å². The summed E-state index contributed by atoms with van der Waals surface area (Å²) in [5, 5.41) is 0. The van der Waals surface area contributed by atoms with Gasteiger partial charge in [-0.25, -0.2) is 0 Å². The third-order valence-electron chi connectivity index (χ3n) is 5.68. The highest BCUT2D eigenvalue weighted by Gasteiger charge is 2.28. The number of primary amides is 1. The Balaban J connectivity index is 1.71. The predicted octanol–water partition coefficient (Wildman–Crippen LogP) is 4.44. The van der Waals surface area contributed by atoms with Crippen molar-refractivity contribution < 1.29 is 23.8 Å². The molecule has 0 spiro atoms. The Morgan fingerprint density at radius 3 is 2.39 bits per heavy atom. The molecule has 2 N–H and O–H groups in total. The fraction of sp³-hybridized carbons (Fsp3) is 0.308. The number of carbonyl (C=O) groups is 2. The van der Waals surface area contributed by atoms with Gasteiger partial charge in [0.1, 0.15) is 0 Å². The Morgan fingerprint density at radius 2 is 1.79 bits per heavy atom. The number of aromatic nitrogens is 1. The SMILES string of the molecule is CCOC(=O)CCc1ccc(-c2ccc(C3OC(C)O3)cc2)n1-c1ccc(C(N)=O)cc1C. The smallest absolute Gasteiger partial charge is 0.306 e. The summed E-state index contributed by atoms with van der Waals surface area (Å²) in [4.78, 5) is 23.6. The molecule has 0 saturated carbocycles. The molecule has 0 aliphatic carbocycles. The van der Waals surface area contributed by atoms with Gasteiger partial charge in [-0.3, -0.25) is 9.59 Å². The number of esters is 1. The van der Waals surface area contributed by atoms with Crippen molar-refractivity contribution in [2.45, 2.75) is 46.2 Å². The van der Waals surface area contributed by atoms with Crippen molar-refractivity contribution in [3.63, 3.8) is 0 Å². The molecule has 1 saturated heterocycles. The van der Waals surface area contributed by atoms with Crippen LogP contribution < -0.4 is 5.73 Å². The molecule has 0 bridgehead atoms. The van der Waals surface area contributed by atoms with Crippen LogP contribution >= 0.6 is 0 Å². The number of benzene rings is 2. The molecule has 4 rings (SSSR count). The van der Waals surface area contributed by atoms with E-state index in [2.05, 4.69) is 4.57 Å². The van der Waals surface area contributed by atoms with E-state index in [1.807, 2.05) is 56.3 Å². The lowest BCUT2D eigenvalue weighted by Gasteiger charge is -2.33. The molecule has 7 nitrogen and oxygen atoms in total. The van der Waals surface area contributed by atoms with Gasteiger partial charge in [0.05, 0.1) is 18.7 Å². The van der Waals surface area contributed by atoms with Crippen LogP contribution in [0.1, 0.15) is 53.7 Å². The fourth-order valence-electron chi connectivity index (χ4n) is 4.03. The van der Waals surface area contributed by atoms with Crippen molar-refractivity contribution in [2.75, 3.05) is 6.61 Å². The molecule has 2 aromatic carbocycles. The third kappa shape index (κ3) is 4.84. The molecule has 0 unspecified atom stereocenters. The lowest BCUT2D eigenvalue weighted by molar-refractivity contribution is -0.382. The average molecular weight is 449 g/mol. The van der Waals surface area contributed by atoms with Crippen LogP contribution in [-0.2, 0) is 25.4 Å². The lowest BCUT2D eigenvalue weighted by Crippen LogP contribution is -2.31. The zero-order valence-corrected chi connectivity index (χ0v) is 19.0. The average Bonchev–Trinajstić information content (AvgIpc) is 3.19. The van der Waals surface area contributed by atoms with E-state index < -0.39 is 5.91 Å². The molecule has 0 atom stereocenters. The largest absolute Gasteiger partial charge is 0.466 e. The minimum Gasteiger partial charge on any atom is -0.466 e. The van der Waals surface area contributed by atoms with Crippen LogP contribution in [0.25, 0.3) is 16.9 Å². The molecule has 2 heterocycles. The van der Waals surface area contributed by atoms with Crippen molar-refractivity contribution in [3.8, 4) is 16.9 Å². The molecule has 1 amide bonds. The van der Waals surface area contributed by atoms with Gasteiger partial charge < -0.3 is 24.5 Å². The van der Waals surface area contributed by atoms with Crippen molar-refractivity contribution >= 4 is 11.9 Å². The highest BCUT2D eigenvalue weighted by atomic mass is 16.9. The number of hydrogen-bond donors (Lipinski definition) is 1. The number of nitrogens with two attached hydrogens (primary N) is 1. The van der Waals surface area contributed by atoms with Gasteiger partial charge in [0.25, 0.3) is 0 Å². The van der Waals surface area contributed by atoms with Crippen molar-refractivity contribution in [3.05, 3.63) is 77.0 Å². The van der Waals surface area contributed by atoms with Crippen LogP contribution in [0.15, 0.2) is 54.6 Å². The predicted molar refractivity (Wildman–Crippen MR) is 124 cm³/mol. The maximum Gasteiger partial charge on any atom is 0.306 e. The number of amides is 1. The van der Waals surface area contributed by atoms with E-state index in [-0.39, 0.29) is 25.0 Å².